The van der Waals surface area contributed by atoms with E-state index in [9.17, 15) is 8.42 Å². The van der Waals surface area contributed by atoms with Crippen LogP contribution in [0.4, 0.5) is 11.4 Å². The normalized spacial score (nSPS) is 11.6. The fourth-order valence-electron chi connectivity index (χ4n) is 2.51. The Morgan fingerprint density at radius 1 is 1.09 bits per heavy atom. The first kappa shape index (κ1) is 15.3. The van der Waals surface area contributed by atoms with Crippen LogP contribution < -0.4 is 10.5 Å². The zero-order chi connectivity index (χ0) is 16.6. The molecule has 0 saturated carbocycles. The third-order valence-corrected chi connectivity index (χ3v) is 5.13. The average Bonchev–Trinajstić information content (AvgIpc) is 2.50. The van der Waals surface area contributed by atoms with Gasteiger partial charge in [0, 0.05) is 11.6 Å². The molecule has 3 aromatic rings. The Bertz CT molecular complexity index is 998. The van der Waals surface area contributed by atoms with Crippen molar-refractivity contribution in [1.29, 1.82) is 0 Å². The summed E-state index contributed by atoms with van der Waals surface area (Å²) in [4.78, 5) is 4.36. The number of hydrogen-bond donors (Lipinski definition) is 2. The highest BCUT2D eigenvalue weighted by molar-refractivity contribution is 7.93. The summed E-state index contributed by atoms with van der Waals surface area (Å²) in [5.74, 6) is 0. The Labute approximate surface area is 135 Å². The number of aryl methyl sites for hydroxylation is 2. The first-order valence-corrected chi connectivity index (χ1v) is 8.60. The minimum Gasteiger partial charge on any atom is -0.398 e. The number of nitrogen functional groups attached to an aromatic ring is 1. The lowest BCUT2D eigenvalue weighted by molar-refractivity contribution is 0.601. The number of hydrogen-bond acceptors (Lipinski definition) is 4. The van der Waals surface area contributed by atoms with Gasteiger partial charge in [0.05, 0.1) is 16.9 Å². The molecule has 6 heteroatoms. The summed E-state index contributed by atoms with van der Waals surface area (Å²) in [7, 11) is -3.78. The van der Waals surface area contributed by atoms with Crippen molar-refractivity contribution >= 4 is 32.3 Å². The van der Waals surface area contributed by atoms with Crippen LogP contribution in [-0.2, 0) is 10.0 Å². The molecule has 0 aliphatic rings. The summed E-state index contributed by atoms with van der Waals surface area (Å²) in [6.45, 7) is 3.82. The van der Waals surface area contributed by atoms with Crippen molar-refractivity contribution in [3.05, 3.63) is 59.8 Å². The number of sulfonamides is 1. The Balaban J connectivity index is 2.10. The standard InChI is InChI=1S/C17H17N3O2S/c1-11-5-8-16(14(18)10-11)23(21,22)20-15-7-6-12(2)13-4-3-9-19-17(13)15/h3-10,20H,18H2,1-2H3. The molecule has 1 aromatic heterocycles. The van der Waals surface area contributed by atoms with Crippen LogP contribution in [0.5, 0.6) is 0 Å². The Morgan fingerprint density at radius 3 is 2.61 bits per heavy atom. The van der Waals surface area contributed by atoms with Gasteiger partial charge in [-0.15, -0.1) is 0 Å². The average molecular weight is 327 g/mol. The Hall–Kier alpha value is -2.60. The van der Waals surface area contributed by atoms with Crippen LogP contribution in [0.15, 0.2) is 53.6 Å². The molecule has 23 heavy (non-hydrogen) atoms. The second-order valence-corrected chi connectivity index (χ2v) is 7.13. The molecule has 0 aliphatic carbocycles. The molecule has 0 radical (unpaired) electrons. The number of nitrogens with zero attached hydrogens (tertiary/aromatic N) is 1. The number of pyridine rings is 1. The van der Waals surface area contributed by atoms with Crippen molar-refractivity contribution in [3.8, 4) is 0 Å². The van der Waals surface area contributed by atoms with Gasteiger partial charge in [0.2, 0.25) is 0 Å². The van der Waals surface area contributed by atoms with Gasteiger partial charge >= 0.3 is 0 Å². The van der Waals surface area contributed by atoms with Gasteiger partial charge in [0.25, 0.3) is 10.0 Å². The van der Waals surface area contributed by atoms with Crippen LogP contribution in [-0.4, -0.2) is 13.4 Å². The molecule has 5 nitrogen and oxygen atoms in total. The van der Waals surface area contributed by atoms with Crippen LogP contribution in [0.3, 0.4) is 0 Å². The fourth-order valence-corrected chi connectivity index (χ4v) is 3.69. The molecule has 0 amide bonds. The maximum absolute atomic E-state index is 12.6. The van der Waals surface area contributed by atoms with Gasteiger partial charge in [-0.1, -0.05) is 18.2 Å². The van der Waals surface area contributed by atoms with E-state index in [1.165, 1.54) is 6.07 Å². The first-order chi connectivity index (χ1) is 10.9. The Kier molecular flexibility index (Phi) is 3.69. The highest BCUT2D eigenvalue weighted by Gasteiger charge is 2.19. The molecule has 0 unspecified atom stereocenters. The molecule has 0 fully saturated rings. The molecule has 0 bridgehead atoms. The molecule has 0 atom stereocenters. The van der Waals surface area contributed by atoms with E-state index in [0.29, 0.717) is 11.2 Å². The Morgan fingerprint density at radius 2 is 1.87 bits per heavy atom. The topological polar surface area (TPSA) is 85.1 Å². The summed E-state index contributed by atoms with van der Waals surface area (Å²) < 4.78 is 27.9. The zero-order valence-corrected chi connectivity index (χ0v) is 13.7. The number of nitrogens with one attached hydrogen (secondary N) is 1. The lowest BCUT2D eigenvalue weighted by Gasteiger charge is -2.13. The zero-order valence-electron chi connectivity index (χ0n) is 12.9. The van der Waals surface area contributed by atoms with Gasteiger partial charge in [-0.05, 0) is 49.2 Å². The molecule has 0 spiro atoms. The van der Waals surface area contributed by atoms with Crippen molar-refractivity contribution in [1.82, 2.24) is 4.98 Å². The van der Waals surface area contributed by atoms with E-state index in [2.05, 4.69) is 9.71 Å². The third kappa shape index (κ3) is 2.85. The van der Waals surface area contributed by atoms with Crippen molar-refractivity contribution in [2.75, 3.05) is 10.5 Å². The summed E-state index contributed by atoms with van der Waals surface area (Å²) in [5.41, 5.74) is 9.08. The van der Waals surface area contributed by atoms with Crippen LogP contribution in [0.25, 0.3) is 10.9 Å². The minimum absolute atomic E-state index is 0.0627. The van der Waals surface area contributed by atoms with Crippen LogP contribution >= 0.6 is 0 Å². The number of anilines is 2. The van der Waals surface area contributed by atoms with Crippen LogP contribution in [0, 0.1) is 13.8 Å². The monoisotopic (exact) mass is 327 g/mol. The largest absolute Gasteiger partial charge is 0.398 e. The van der Waals surface area contributed by atoms with Crippen molar-refractivity contribution in [3.63, 3.8) is 0 Å². The number of benzene rings is 2. The molecular formula is C17H17N3O2S. The molecule has 1 heterocycles. The number of aromatic nitrogens is 1. The SMILES string of the molecule is Cc1ccc(S(=O)(=O)Nc2ccc(C)c3cccnc23)c(N)c1. The first-order valence-electron chi connectivity index (χ1n) is 7.12. The van der Waals surface area contributed by atoms with Crippen LogP contribution in [0.2, 0.25) is 0 Å². The molecule has 2 aromatic carbocycles. The summed E-state index contributed by atoms with van der Waals surface area (Å²) in [5, 5.41) is 0.907. The van der Waals surface area contributed by atoms with Gasteiger partial charge in [-0.3, -0.25) is 9.71 Å². The molecule has 0 aliphatic heterocycles. The van der Waals surface area contributed by atoms with E-state index in [4.69, 9.17) is 5.73 Å². The van der Waals surface area contributed by atoms with E-state index in [-0.39, 0.29) is 10.6 Å². The predicted octanol–water partition coefficient (Wildman–Crippen LogP) is 3.23. The van der Waals surface area contributed by atoms with E-state index < -0.39 is 10.0 Å². The summed E-state index contributed by atoms with van der Waals surface area (Å²) >= 11 is 0. The van der Waals surface area contributed by atoms with Gasteiger partial charge in [0.1, 0.15) is 4.90 Å². The maximum atomic E-state index is 12.6. The minimum atomic E-state index is -3.78. The molecular weight excluding hydrogens is 310 g/mol. The highest BCUT2D eigenvalue weighted by Crippen LogP contribution is 2.28. The maximum Gasteiger partial charge on any atom is 0.264 e. The number of rotatable bonds is 3. The van der Waals surface area contributed by atoms with E-state index in [0.717, 1.165) is 16.5 Å². The van der Waals surface area contributed by atoms with E-state index in [1.54, 1.807) is 24.4 Å². The summed E-state index contributed by atoms with van der Waals surface area (Å²) in [6.07, 6.45) is 1.64. The predicted molar refractivity (Wildman–Crippen MR) is 92.9 cm³/mol. The van der Waals surface area contributed by atoms with Crippen molar-refractivity contribution in [2.45, 2.75) is 18.7 Å². The van der Waals surface area contributed by atoms with Crippen molar-refractivity contribution < 1.29 is 8.42 Å². The van der Waals surface area contributed by atoms with E-state index >= 15 is 0 Å². The van der Waals surface area contributed by atoms with Gasteiger partial charge in [-0.25, -0.2) is 8.42 Å². The second kappa shape index (κ2) is 5.55. The lowest BCUT2D eigenvalue weighted by atomic mass is 10.1. The van der Waals surface area contributed by atoms with Gasteiger partial charge in [-0.2, -0.15) is 0 Å². The van der Waals surface area contributed by atoms with Gasteiger partial charge in [0.15, 0.2) is 0 Å². The lowest BCUT2D eigenvalue weighted by Crippen LogP contribution is -2.15. The fraction of sp³-hybridized carbons (Fsp3) is 0.118. The molecule has 3 rings (SSSR count). The number of nitrogens with two attached hydrogens (primary N) is 1. The molecule has 0 saturated heterocycles. The second-order valence-electron chi connectivity index (χ2n) is 5.48. The highest BCUT2D eigenvalue weighted by atomic mass is 32.2. The number of fused-ring (bicyclic) bond motifs is 1. The van der Waals surface area contributed by atoms with Crippen LogP contribution in [0.1, 0.15) is 11.1 Å². The van der Waals surface area contributed by atoms with Gasteiger partial charge < -0.3 is 5.73 Å². The smallest absolute Gasteiger partial charge is 0.264 e. The van der Waals surface area contributed by atoms with E-state index in [1.807, 2.05) is 32.0 Å². The third-order valence-electron chi connectivity index (χ3n) is 3.69. The quantitative estimate of drug-likeness (QED) is 0.723. The molecule has 3 N–H and O–H groups in total. The van der Waals surface area contributed by atoms with Crippen molar-refractivity contribution in [2.24, 2.45) is 0 Å². The molecule has 118 valence electrons. The summed E-state index contributed by atoms with van der Waals surface area (Å²) in [6, 6.07) is 12.2.